The molecule has 0 aromatic rings. The molecule has 0 spiro atoms. The lowest BCUT2D eigenvalue weighted by atomic mass is 10.0. The molecule has 46 heavy (non-hydrogen) atoms. The van der Waals surface area contributed by atoms with E-state index in [0.29, 0.717) is 50.6 Å². The molecule has 0 aromatic heterocycles. The van der Waals surface area contributed by atoms with E-state index in [-0.39, 0.29) is 43.4 Å². The van der Waals surface area contributed by atoms with Gasteiger partial charge in [-0.3, -0.25) is 33.6 Å². The number of carbonyl (C=O) groups is 7. The van der Waals surface area contributed by atoms with Crippen LogP contribution in [0.3, 0.4) is 0 Å². The lowest BCUT2D eigenvalue weighted by Gasteiger charge is -2.26. The molecule has 0 unspecified atom stereocenters. The van der Waals surface area contributed by atoms with Gasteiger partial charge in [0.15, 0.2) is 0 Å². The van der Waals surface area contributed by atoms with Crippen molar-refractivity contribution in [1.29, 1.82) is 0 Å². The summed E-state index contributed by atoms with van der Waals surface area (Å²) in [5.41, 5.74) is 0. The van der Waals surface area contributed by atoms with E-state index < -0.39 is 58.9 Å². The summed E-state index contributed by atoms with van der Waals surface area (Å²) in [4.78, 5) is 89.9. The van der Waals surface area contributed by atoms with Crippen LogP contribution in [0.25, 0.3) is 0 Å². The molecule has 1 aliphatic heterocycles. The minimum atomic E-state index is -0.904. The summed E-state index contributed by atoms with van der Waals surface area (Å²) in [5.74, 6) is -2.51. The number of ether oxygens (including phenoxy) is 1. The Bertz CT molecular complexity index is 1070. The molecule has 0 aromatic carbocycles. The van der Waals surface area contributed by atoms with E-state index in [2.05, 4.69) is 26.0 Å². The minimum absolute atomic E-state index is 0.0604. The highest BCUT2D eigenvalue weighted by molar-refractivity contribution is 8.12. The highest BCUT2D eigenvalue weighted by atomic mass is 32.2. The average molecular weight is 671 g/mol. The maximum absolute atomic E-state index is 13.3. The highest BCUT2D eigenvalue weighted by Gasteiger charge is 2.35. The van der Waals surface area contributed by atoms with Crippen molar-refractivity contribution in [2.75, 3.05) is 26.2 Å². The molecule has 1 saturated heterocycles. The minimum Gasteiger partial charge on any atom is -0.465 e. The van der Waals surface area contributed by atoms with Crippen molar-refractivity contribution < 1.29 is 38.3 Å². The smallest absolute Gasteiger partial charge is 0.325 e. The van der Waals surface area contributed by atoms with Crippen LogP contribution in [0.1, 0.15) is 87.5 Å². The van der Waals surface area contributed by atoms with Gasteiger partial charge in [0.1, 0.15) is 24.7 Å². The molecule has 14 nitrogen and oxygen atoms in total. The van der Waals surface area contributed by atoms with Gasteiger partial charge in [0, 0.05) is 13.5 Å². The van der Waals surface area contributed by atoms with Crippen LogP contribution >= 0.6 is 11.9 Å². The molecule has 15 heteroatoms. The highest BCUT2D eigenvalue weighted by Crippen LogP contribution is 2.18. The first kappa shape index (κ1) is 40.8. The van der Waals surface area contributed by atoms with Crippen LogP contribution in [0.4, 0.5) is 0 Å². The first-order chi connectivity index (χ1) is 21.5. The van der Waals surface area contributed by atoms with Crippen molar-refractivity contribution in [3.05, 3.63) is 0 Å². The van der Waals surface area contributed by atoms with Gasteiger partial charge in [-0.05, 0) is 68.7 Å². The number of esters is 1. The zero-order chi connectivity index (χ0) is 35.0. The molecular formula is C31H54N6O8S. The Labute approximate surface area is 277 Å². The lowest BCUT2D eigenvalue weighted by molar-refractivity contribution is -0.143. The van der Waals surface area contributed by atoms with Crippen molar-refractivity contribution in [3.8, 4) is 0 Å². The van der Waals surface area contributed by atoms with Crippen LogP contribution in [0.2, 0.25) is 0 Å². The van der Waals surface area contributed by atoms with E-state index in [1.54, 1.807) is 6.92 Å². The Morgan fingerprint density at radius 3 is 1.80 bits per heavy atom. The molecule has 0 saturated carbocycles. The molecule has 0 bridgehead atoms. The SMILES string of the molecule is CCOC(=O)CNC(=O)[C@H](CC(C)C)NC(=O)[C@H](CC(C)C)NSC(=O)CNC(=O)[C@H](CC(C)C)NC(=O)[C@@H]1CCCN1C(C)=O. The number of nitrogens with zero attached hydrogens (tertiary/aromatic N) is 1. The topological polar surface area (TPSA) is 192 Å². The summed E-state index contributed by atoms with van der Waals surface area (Å²) in [7, 11) is 0. The fourth-order valence-electron chi connectivity index (χ4n) is 4.99. The summed E-state index contributed by atoms with van der Waals surface area (Å²) in [6.45, 7) is 14.5. The molecule has 1 aliphatic rings. The normalized spacial score (nSPS) is 16.5. The van der Waals surface area contributed by atoms with Crippen LogP contribution in [0.15, 0.2) is 0 Å². The van der Waals surface area contributed by atoms with Gasteiger partial charge in [-0.2, -0.15) is 0 Å². The van der Waals surface area contributed by atoms with Crippen LogP contribution in [0.5, 0.6) is 0 Å². The van der Waals surface area contributed by atoms with Gasteiger partial charge in [0.05, 0.1) is 19.2 Å². The van der Waals surface area contributed by atoms with E-state index in [1.807, 2.05) is 41.5 Å². The number of rotatable bonds is 19. The second kappa shape index (κ2) is 20.8. The van der Waals surface area contributed by atoms with E-state index >= 15 is 0 Å². The number of likely N-dealkylation sites (tertiary alicyclic amines) is 1. The van der Waals surface area contributed by atoms with E-state index in [1.165, 1.54) is 11.8 Å². The molecule has 5 amide bonds. The quantitative estimate of drug-likeness (QED) is 0.0980. The van der Waals surface area contributed by atoms with Gasteiger partial charge in [-0.1, -0.05) is 41.5 Å². The lowest BCUT2D eigenvalue weighted by Crippen LogP contribution is -2.54. The van der Waals surface area contributed by atoms with Crippen molar-refractivity contribution in [2.24, 2.45) is 17.8 Å². The van der Waals surface area contributed by atoms with Gasteiger partial charge in [0.25, 0.3) is 0 Å². The summed E-state index contributed by atoms with van der Waals surface area (Å²) in [6, 6.07) is -3.26. The number of carbonyl (C=O) groups excluding carboxylic acids is 7. The van der Waals surface area contributed by atoms with Crippen LogP contribution in [-0.2, 0) is 38.3 Å². The Morgan fingerprint density at radius 1 is 0.761 bits per heavy atom. The van der Waals surface area contributed by atoms with Gasteiger partial charge in [0.2, 0.25) is 34.7 Å². The zero-order valence-corrected chi connectivity index (χ0v) is 29.3. The van der Waals surface area contributed by atoms with Crippen molar-refractivity contribution in [1.82, 2.24) is 30.9 Å². The van der Waals surface area contributed by atoms with Crippen molar-refractivity contribution in [3.63, 3.8) is 0 Å². The Kier molecular flexibility index (Phi) is 18.5. The van der Waals surface area contributed by atoms with Gasteiger partial charge in [-0.15, -0.1) is 0 Å². The summed E-state index contributed by atoms with van der Waals surface area (Å²) in [5, 5.41) is 10.1. The van der Waals surface area contributed by atoms with Crippen LogP contribution < -0.4 is 26.0 Å². The third-order valence-corrected chi connectivity index (χ3v) is 7.87. The van der Waals surface area contributed by atoms with Crippen molar-refractivity contribution >= 4 is 52.6 Å². The number of amides is 5. The fraction of sp³-hybridized carbons (Fsp3) is 0.774. The Hall–Kier alpha value is -3.20. The number of hydrogen-bond donors (Lipinski definition) is 5. The van der Waals surface area contributed by atoms with E-state index in [4.69, 9.17) is 4.74 Å². The average Bonchev–Trinajstić information content (AvgIpc) is 3.46. The summed E-state index contributed by atoms with van der Waals surface area (Å²) < 4.78 is 7.72. The Morgan fingerprint density at radius 2 is 1.28 bits per heavy atom. The maximum atomic E-state index is 13.3. The van der Waals surface area contributed by atoms with Crippen LogP contribution in [0, 0.1) is 17.8 Å². The predicted octanol–water partition coefficient (Wildman–Crippen LogP) is 1.03. The molecule has 1 heterocycles. The van der Waals surface area contributed by atoms with Gasteiger partial charge in [-0.25, -0.2) is 4.72 Å². The fourth-order valence-corrected chi connectivity index (χ4v) is 5.61. The molecular weight excluding hydrogens is 616 g/mol. The molecule has 262 valence electrons. The van der Waals surface area contributed by atoms with Crippen LogP contribution in [-0.4, -0.2) is 95.9 Å². The second-order valence-corrected chi connectivity index (χ2v) is 13.7. The standard InChI is InChI=1S/C31H54N6O8S/c1-9-45-26(39)16-32-28(41)22(13-18(2)3)34-30(43)24(15-20(6)7)36-46-27(40)17-33-29(42)23(14-19(4)5)35-31(44)25-11-10-12-37(25)21(8)38/h18-20,22-25,36H,9-17H2,1-8H3,(H,32,41)(H,33,42)(H,34,43)(H,35,44)/t22-,23-,24-,25-/m0/s1. The Balaban J connectivity index is 2.80. The van der Waals surface area contributed by atoms with E-state index in [0.717, 1.165) is 0 Å². The monoisotopic (exact) mass is 670 g/mol. The molecule has 0 aliphatic carbocycles. The van der Waals surface area contributed by atoms with Gasteiger partial charge >= 0.3 is 5.97 Å². The molecule has 1 rings (SSSR count). The molecule has 0 radical (unpaired) electrons. The predicted molar refractivity (Wildman–Crippen MR) is 175 cm³/mol. The summed E-state index contributed by atoms with van der Waals surface area (Å²) >= 11 is 0.672. The third-order valence-electron chi connectivity index (χ3n) is 7.10. The first-order valence-electron chi connectivity index (χ1n) is 16.1. The second-order valence-electron chi connectivity index (χ2n) is 12.8. The molecule has 4 atom stereocenters. The number of hydrogen-bond acceptors (Lipinski definition) is 10. The third kappa shape index (κ3) is 15.4. The zero-order valence-electron chi connectivity index (χ0n) is 28.5. The largest absolute Gasteiger partial charge is 0.465 e. The van der Waals surface area contributed by atoms with E-state index in [9.17, 15) is 33.6 Å². The molecule has 1 fully saturated rings. The molecule has 5 N–H and O–H groups in total. The maximum Gasteiger partial charge on any atom is 0.325 e. The number of nitrogens with one attached hydrogen (secondary N) is 5. The summed E-state index contributed by atoms with van der Waals surface area (Å²) in [6.07, 6.45) is 2.25. The van der Waals surface area contributed by atoms with Crippen molar-refractivity contribution in [2.45, 2.75) is 112 Å². The van der Waals surface area contributed by atoms with Gasteiger partial charge < -0.3 is 30.9 Å². The first-order valence-corrected chi connectivity index (χ1v) is 16.9.